The van der Waals surface area contributed by atoms with Gasteiger partial charge in [0.2, 0.25) is 0 Å². The third kappa shape index (κ3) is 68.2. The molecule has 0 rings (SSSR count). The molecule has 0 saturated carbocycles. The molecule has 82 heavy (non-hydrogen) atoms. The van der Waals surface area contributed by atoms with Crippen LogP contribution in [0.15, 0.2) is 48.6 Å². The van der Waals surface area contributed by atoms with Crippen molar-refractivity contribution in [3.8, 4) is 0 Å². The smallest absolute Gasteiger partial charge is 0.306 e. The summed E-state index contributed by atoms with van der Waals surface area (Å²) in [6.07, 6.45) is 90.1. The summed E-state index contributed by atoms with van der Waals surface area (Å²) >= 11 is 0. The number of hydrogen-bond donors (Lipinski definition) is 0. The lowest BCUT2D eigenvalue weighted by Crippen LogP contribution is -2.30. The highest BCUT2D eigenvalue weighted by atomic mass is 16.6. The van der Waals surface area contributed by atoms with Crippen LogP contribution in [0.3, 0.4) is 0 Å². The van der Waals surface area contributed by atoms with Gasteiger partial charge in [0.05, 0.1) is 0 Å². The second-order valence-electron chi connectivity index (χ2n) is 24.8. The van der Waals surface area contributed by atoms with Crippen molar-refractivity contribution in [3.63, 3.8) is 0 Å². The predicted octanol–water partition coefficient (Wildman–Crippen LogP) is 25.3. The van der Waals surface area contributed by atoms with E-state index in [0.717, 1.165) is 83.5 Å². The quantitative estimate of drug-likeness (QED) is 0.0261. The van der Waals surface area contributed by atoms with Gasteiger partial charge < -0.3 is 14.2 Å². The molecule has 0 bridgehead atoms. The van der Waals surface area contributed by atoms with Crippen molar-refractivity contribution in [2.24, 2.45) is 0 Å². The van der Waals surface area contributed by atoms with Crippen molar-refractivity contribution in [3.05, 3.63) is 48.6 Å². The lowest BCUT2D eigenvalue weighted by molar-refractivity contribution is -0.167. The van der Waals surface area contributed by atoms with Crippen LogP contribution in [0.1, 0.15) is 400 Å². The summed E-state index contributed by atoms with van der Waals surface area (Å²) in [4.78, 5) is 38.4. The van der Waals surface area contributed by atoms with Crippen LogP contribution in [0.25, 0.3) is 0 Å². The molecule has 0 heterocycles. The van der Waals surface area contributed by atoms with Gasteiger partial charge in [0.15, 0.2) is 6.10 Å². The molecule has 0 N–H and O–H groups in total. The highest BCUT2D eigenvalue weighted by Crippen LogP contribution is 2.19. The third-order valence-corrected chi connectivity index (χ3v) is 16.6. The number of carbonyl (C=O) groups is 3. The standard InChI is InChI=1S/C76H140O6/c1-4-7-10-13-16-19-22-25-27-29-31-32-33-34-35-36-37-38-39-40-41-42-43-44-45-47-48-51-54-57-60-63-66-69-75(78)81-72-73(71-80-74(77)68-65-62-59-56-53-50-24-21-18-15-12-9-6-3)82-76(79)70-67-64-61-58-55-52-49-46-30-28-26-23-20-17-14-11-8-5-2/h7,10,16,19,25,27,31-32,73H,4-6,8-9,11-15,17-18,20-24,26,28-30,33-72H2,1-3H3/b10-7-,19-16-,27-25-,32-31-. The summed E-state index contributed by atoms with van der Waals surface area (Å²) in [5.41, 5.74) is 0. The van der Waals surface area contributed by atoms with E-state index in [1.807, 2.05) is 0 Å². The van der Waals surface area contributed by atoms with Crippen LogP contribution in [0.2, 0.25) is 0 Å². The molecule has 0 amide bonds. The maximum Gasteiger partial charge on any atom is 0.306 e. The van der Waals surface area contributed by atoms with Crippen LogP contribution >= 0.6 is 0 Å². The van der Waals surface area contributed by atoms with E-state index in [2.05, 4.69) is 69.4 Å². The first-order valence-corrected chi connectivity index (χ1v) is 36.6. The molecule has 6 nitrogen and oxygen atoms in total. The molecular weight excluding hydrogens is 1010 g/mol. The number of allylic oxidation sites excluding steroid dienone is 8. The van der Waals surface area contributed by atoms with Gasteiger partial charge in [-0.2, -0.15) is 0 Å². The Morgan fingerprint density at radius 3 is 0.744 bits per heavy atom. The molecule has 0 aliphatic carbocycles. The summed E-state index contributed by atoms with van der Waals surface area (Å²) in [6, 6.07) is 0. The fourth-order valence-electron chi connectivity index (χ4n) is 11.1. The fraction of sp³-hybridized carbons (Fsp3) is 0.855. The molecule has 0 aromatic heterocycles. The highest BCUT2D eigenvalue weighted by molar-refractivity contribution is 5.71. The molecule has 0 radical (unpaired) electrons. The van der Waals surface area contributed by atoms with Gasteiger partial charge in [0.25, 0.3) is 0 Å². The number of rotatable bonds is 68. The molecular formula is C76H140O6. The second kappa shape index (κ2) is 70.9. The van der Waals surface area contributed by atoms with Crippen molar-refractivity contribution in [2.45, 2.75) is 406 Å². The molecule has 0 saturated heterocycles. The van der Waals surface area contributed by atoms with Crippen LogP contribution in [0.5, 0.6) is 0 Å². The maximum atomic E-state index is 12.9. The molecule has 480 valence electrons. The number of carbonyl (C=O) groups excluding carboxylic acids is 3. The van der Waals surface area contributed by atoms with Crippen molar-refractivity contribution >= 4 is 17.9 Å². The zero-order chi connectivity index (χ0) is 59.2. The normalized spacial score (nSPS) is 12.3. The van der Waals surface area contributed by atoms with Gasteiger partial charge in [-0.25, -0.2) is 0 Å². The number of ether oxygens (including phenoxy) is 3. The van der Waals surface area contributed by atoms with Gasteiger partial charge in [-0.1, -0.05) is 371 Å². The molecule has 1 atom stereocenters. The van der Waals surface area contributed by atoms with Crippen molar-refractivity contribution in [1.29, 1.82) is 0 Å². The van der Waals surface area contributed by atoms with E-state index in [1.165, 1.54) is 276 Å². The topological polar surface area (TPSA) is 78.9 Å². The minimum atomic E-state index is -0.767. The van der Waals surface area contributed by atoms with Crippen LogP contribution in [0, 0.1) is 0 Å². The van der Waals surface area contributed by atoms with E-state index in [9.17, 15) is 14.4 Å². The Morgan fingerprint density at radius 2 is 0.476 bits per heavy atom. The van der Waals surface area contributed by atoms with Crippen molar-refractivity contribution in [1.82, 2.24) is 0 Å². The predicted molar refractivity (Wildman–Crippen MR) is 358 cm³/mol. The lowest BCUT2D eigenvalue weighted by atomic mass is 10.0. The molecule has 1 unspecified atom stereocenters. The third-order valence-electron chi connectivity index (χ3n) is 16.6. The summed E-state index contributed by atoms with van der Waals surface area (Å²) in [5.74, 6) is -0.831. The van der Waals surface area contributed by atoms with Crippen LogP contribution in [0.4, 0.5) is 0 Å². The molecule has 0 spiro atoms. The fourth-order valence-corrected chi connectivity index (χ4v) is 11.1. The molecule has 0 aromatic carbocycles. The van der Waals surface area contributed by atoms with E-state index >= 15 is 0 Å². The highest BCUT2D eigenvalue weighted by Gasteiger charge is 2.19. The van der Waals surface area contributed by atoms with Gasteiger partial charge in [0.1, 0.15) is 13.2 Å². The number of hydrogen-bond acceptors (Lipinski definition) is 6. The number of unbranched alkanes of at least 4 members (excludes halogenated alkanes) is 49. The van der Waals surface area contributed by atoms with E-state index in [1.54, 1.807) is 0 Å². The first kappa shape index (κ1) is 79.4. The minimum absolute atomic E-state index is 0.0642. The van der Waals surface area contributed by atoms with Gasteiger partial charge in [0, 0.05) is 19.3 Å². The summed E-state index contributed by atoms with van der Waals surface area (Å²) in [6.45, 7) is 6.60. The number of esters is 3. The van der Waals surface area contributed by atoms with Crippen LogP contribution < -0.4 is 0 Å². The molecule has 0 aromatic rings. The van der Waals surface area contributed by atoms with E-state index in [-0.39, 0.29) is 31.1 Å². The first-order valence-electron chi connectivity index (χ1n) is 36.6. The molecule has 6 heteroatoms. The minimum Gasteiger partial charge on any atom is -0.462 e. The zero-order valence-corrected chi connectivity index (χ0v) is 55.3. The second-order valence-corrected chi connectivity index (χ2v) is 24.8. The van der Waals surface area contributed by atoms with E-state index < -0.39 is 6.10 Å². The molecule has 0 aliphatic heterocycles. The Balaban J connectivity index is 4.11. The molecule has 0 aliphatic rings. The van der Waals surface area contributed by atoms with Gasteiger partial charge >= 0.3 is 17.9 Å². The van der Waals surface area contributed by atoms with E-state index in [0.29, 0.717) is 19.3 Å². The van der Waals surface area contributed by atoms with Gasteiger partial charge in [-0.15, -0.1) is 0 Å². The summed E-state index contributed by atoms with van der Waals surface area (Å²) in [5, 5.41) is 0. The first-order chi connectivity index (χ1) is 40.5. The summed E-state index contributed by atoms with van der Waals surface area (Å²) in [7, 11) is 0. The molecule has 0 fully saturated rings. The van der Waals surface area contributed by atoms with Crippen molar-refractivity contribution in [2.75, 3.05) is 13.2 Å². The van der Waals surface area contributed by atoms with Crippen LogP contribution in [-0.4, -0.2) is 37.2 Å². The zero-order valence-electron chi connectivity index (χ0n) is 55.3. The Labute approximate surface area is 511 Å². The monoisotopic (exact) mass is 1150 g/mol. The Morgan fingerprint density at radius 1 is 0.256 bits per heavy atom. The Kier molecular flexibility index (Phi) is 68.6. The largest absolute Gasteiger partial charge is 0.462 e. The van der Waals surface area contributed by atoms with Gasteiger partial charge in [-0.3, -0.25) is 14.4 Å². The van der Waals surface area contributed by atoms with Gasteiger partial charge in [-0.05, 0) is 57.8 Å². The van der Waals surface area contributed by atoms with E-state index in [4.69, 9.17) is 14.2 Å². The average molecular weight is 1150 g/mol. The van der Waals surface area contributed by atoms with Crippen LogP contribution in [-0.2, 0) is 28.6 Å². The maximum absolute atomic E-state index is 12.9. The average Bonchev–Trinajstić information content (AvgIpc) is 3.47. The Bertz CT molecular complexity index is 1410. The lowest BCUT2D eigenvalue weighted by Gasteiger charge is -2.18. The Hall–Kier alpha value is -2.63. The van der Waals surface area contributed by atoms with Crippen molar-refractivity contribution < 1.29 is 28.6 Å². The SMILES string of the molecule is CC/C=C\C/C=C\C/C=C\C/C=C\CCCCCCCCCCCCCCCCCCCCCCC(=O)OCC(COC(=O)CCCCCCCCCCCCCCC)OC(=O)CCCCCCCCCCCCCCCCCCCC. The summed E-state index contributed by atoms with van der Waals surface area (Å²) < 4.78 is 17.0.